The summed E-state index contributed by atoms with van der Waals surface area (Å²) in [5.74, 6) is 0. The van der Waals surface area contributed by atoms with E-state index in [9.17, 15) is 0 Å². The molecule has 0 aromatic heterocycles. The first kappa shape index (κ1) is 12.4. The molecule has 1 nitrogen and oxygen atoms in total. The van der Waals surface area contributed by atoms with Gasteiger partial charge in [0.1, 0.15) is 0 Å². The maximum atomic E-state index is 3.45. The van der Waals surface area contributed by atoms with E-state index in [0.717, 1.165) is 0 Å². The van der Waals surface area contributed by atoms with Crippen molar-refractivity contribution in [1.29, 1.82) is 0 Å². The first-order chi connectivity index (χ1) is 5.41. The average molecular weight is 382 g/mol. The third-order valence-electron chi connectivity index (χ3n) is 1.60. The summed E-state index contributed by atoms with van der Waals surface area (Å²) in [4.78, 5) is 0. The van der Waals surface area contributed by atoms with Crippen LogP contribution in [-0.4, -0.2) is 11.1 Å². The van der Waals surface area contributed by atoms with Crippen LogP contribution in [0.15, 0.2) is 0 Å². The molecule has 3 heteroatoms. The summed E-state index contributed by atoms with van der Waals surface area (Å²) in [5.41, 5.74) is 0. The molecule has 0 amide bonds. The first-order valence-corrected chi connectivity index (χ1v) is 12.1. The molecule has 0 aliphatic heterocycles. The van der Waals surface area contributed by atoms with Gasteiger partial charge in [-0.15, -0.1) is 0 Å². The van der Waals surface area contributed by atoms with Gasteiger partial charge in [0.25, 0.3) is 0 Å². The summed E-state index contributed by atoms with van der Waals surface area (Å²) in [7, 11) is 0. The number of alkyl halides is 1. The van der Waals surface area contributed by atoms with E-state index in [0.29, 0.717) is 17.2 Å². The van der Waals surface area contributed by atoms with Crippen molar-refractivity contribution in [2.45, 2.75) is 39.0 Å². The second-order valence-electron chi connectivity index (χ2n) is 2.65. The molecule has 0 heterocycles. The molecule has 0 unspecified atom stereocenters. The standard InChI is InChI=1S/C8H18I2N/c1-2-3-4-5-6-7-11-8-10-9/h11H,2-8H2,1H3/q-1. The fourth-order valence-corrected chi connectivity index (χ4v) is 2.91. The van der Waals surface area contributed by atoms with Crippen LogP contribution in [-0.2, 0) is 0 Å². The first-order valence-electron chi connectivity index (χ1n) is 4.32. The van der Waals surface area contributed by atoms with Gasteiger partial charge in [-0.2, -0.15) is 0 Å². The zero-order chi connectivity index (χ0) is 8.36. The molecule has 11 heavy (non-hydrogen) atoms. The Kier molecular flexibility index (Phi) is 12.9. The van der Waals surface area contributed by atoms with Gasteiger partial charge >= 0.3 is 91.3 Å². The SMILES string of the molecule is CCCCCCCNC[I-]I. The molecule has 0 atom stereocenters. The van der Waals surface area contributed by atoms with E-state index in [4.69, 9.17) is 0 Å². The van der Waals surface area contributed by atoms with Gasteiger partial charge in [0, 0.05) is 0 Å². The van der Waals surface area contributed by atoms with Crippen LogP contribution >= 0.6 is 18.6 Å². The van der Waals surface area contributed by atoms with Gasteiger partial charge in [0.05, 0.1) is 0 Å². The number of unbranched alkanes of at least 4 members (excludes halogenated alkanes) is 4. The summed E-state index contributed by atoms with van der Waals surface area (Å²) in [5, 5.41) is 3.45. The van der Waals surface area contributed by atoms with Crippen molar-refractivity contribution < 1.29 is 17.2 Å². The third-order valence-corrected chi connectivity index (χ3v) is 4.36. The Balaban J connectivity index is 2.69. The Bertz CT molecular complexity index is 61.1. The molecule has 0 aromatic rings. The van der Waals surface area contributed by atoms with Crippen molar-refractivity contribution in [2.75, 3.05) is 11.1 Å². The summed E-state index contributed by atoms with van der Waals surface area (Å²) >= 11 is 2.95. The van der Waals surface area contributed by atoms with Gasteiger partial charge in [-0.3, -0.25) is 0 Å². The third kappa shape index (κ3) is 11.4. The number of hydrogen-bond donors (Lipinski definition) is 1. The number of nitrogens with one attached hydrogen (secondary N) is 1. The van der Waals surface area contributed by atoms with E-state index < -0.39 is 0 Å². The molecule has 0 aromatic carbocycles. The van der Waals surface area contributed by atoms with Crippen LogP contribution in [0.2, 0.25) is 0 Å². The Labute approximate surface area is 90.5 Å². The molecule has 0 radical (unpaired) electrons. The molecule has 0 spiro atoms. The van der Waals surface area contributed by atoms with Crippen molar-refractivity contribution in [1.82, 2.24) is 5.32 Å². The second-order valence-corrected chi connectivity index (χ2v) is 7.86. The van der Waals surface area contributed by atoms with Gasteiger partial charge in [0.2, 0.25) is 0 Å². The summed E-state index contributed by atoms with van der Waals surface area (Å²) in [6.07, 6.45) is 6.99. The van der Waals surface area contributed by atoms with Gasteiger partial charge in [-0.25, -0.2) is 0 Å². The van der Waals surface area contributed by atoms with Gasteiger partial charge in [-0.1, -0.05) is 0 Å². The fraction of sp³-hybridized carbons (Fsp3) is 1.00. The van der Waals surface area contributed by atoms with E-state index in [-0.39, 0.29) is 0 Å². The quantitative estimate of drug-likeness (QED) is 0.269. The molecule has 1 N–H and O–H groups in total. The van der Waals surface area contributed by atoms with E-state index in [1.165, 1.54) is 43.2 Å². The molecule has 0 saturated carbocycles. The van der Waals surface area contributed by atoms with Crippen LogP contribution in [0.1, 0.15) is 39.0 Å². The molecular weight excluding hydrogens is 364 g/mol. The van der Waals surface area contributed by atoms with Crippen LogP contribution in [0.4, 0.5) is 0 Å². The summed E-state index contributed by atoms with van der Waals surface area (Å²) < 4.78 is 1.28. The summed E-state index contributed by atoms with van der Waals surface area (Å²) in [6.45, 7) is 3.51. The zero-order valence-electron chi connectivity index (χ0n) is 7.21. The van der Waals surface area contributed by atoms with Crippen molar-refractivity contribution in [3.05, 3.63) is 0 Å². The van der Waals surface area contributed by atoms with Crippen molar-refractivity contribution in [3.8, 4) is 0 Å². The van der Waals surface area contributed by atoms with E-state index in [1.807, 2.05) is 0 Å². The molecule has 0 bridgehead atoms. The molecular formula is C8H18I2N-. The van der Waals surface area contributed by atoms with Crippen LogP contribution in [0.5, 0.6) is 0 Å². The van der Waals surface area contributed by atoms with Crippen molar-refractivity contribution in [3.63, 3.8) is 0 Å². The Morgan fingerprint density at radius 2 is 1.91 bits per heavy atom. The molecule has 0 rings (SSSR count). The Morgan fingerprint density at radius 3 is 2.55 bits per heavy atom. The molecule has 0 aliphatic rings. The van der Waals surface area contributed by atoms with E-state index >= 15 is 0 Å². The van der Waals surface area contributed by atoms with Crippen LogP contribution in [0, 0.1) is 0 Å². The number of rotatable bonds is 8. The Morgan fingerprint density at radius 1 is 1.18 bits per heavy atom. The summed E-state index contributed by atoms with van der Waals surface area (Å²) in [6, 6.07) is 0. The zero-order valence-corrected chi connectivity index (χ0v) is 11.5. The minimum absolute atomic E-state index is 0.437. The number of hydrogen-bond acceptors (Lipinski definition) is 1. The monoisotopic (exact) mass is 382 g/mol. The van der Waals surface area contributed by atoms with Gasteiger partial charge in [0.15, 0.2) is 0 Å². The average Bonchev–Trinajstić information content (AvgIpc) is 2.03. The van der Waals surface area contributed by atoms with E-state index in [1.54, 1.807) is 0 Å². The van der Waals surface area contributed by atoms with Gasteiger partial charge < -0.3 is 0 Å². The van der Waals surface area contributed by atoms with Crippen molar-refractivity contribution in [2.24, 2.45) is 0 Å². The van der Waals surface area contributed by atoms with Crippen molar-refractivity contribution >= 4 is 18.6 Å². The topological polar surface area (TPSA) is 12.0 Å². The van der Waals surface area contributed by atoms with E-state index in [2.05, 4.69) is 30.9 Å². The number of halogens is 2. The minimum atomic E-state index is 0.437. The predicted molar refractivity (Wildman–Crippen MR) is 55.6 cm³/mol. The Hall–Kier alpha value is 1.42. The molecule has 0 fully saturated rings. The second kappa shape index (κ2) is 11.4. The normalized spacial score (nSPS) is 10.7. The fourth-order valence-electron chi connectivity index (χ4n) is 0.956. The molecule has 70 valence electrons. The van der Waals surface area contributed by atoms with Crippen LogP contribution in [0.3, 0.4) is 0 Å². The van der Waals surface area contributed by atoms with Crippen LogP contribution < -0.4 is 22.5 Å². The van der Waals surface area contributed by atoms with Gasteiger partial charge in [-0.05, 0) is 0 Å². The predicted octanol–water partition coefficient (Wildman–Crippen LogP) is -0.0571. The molecule has 0 aliphatic carbocycles. The maximum absolute atomic E-state index is 3.45. The molecule has 0 saturated heterocycles. The van der Waals surface area contributed by atoms with Crippen LogP contribution in [0.25, 0.3) is 0 Å².